The Bertz CT molecular complexity index is 935. The Morgan fingerprint density at radius 1 is 1.07 bits per heavy atom. The number of hydrogen-bond acceptors (Lipinski definition) is 5. The van der Waals surface area contributed by atoms with Crippen LogP contribution >= 0.6 is 0 Å². The van der Waals surface area contributed by atoms with Gasteiger partial charge < -0.3 is 14.4 Å². The molecule has 0 aliphatic carbocycles. The number of anilines is 1. The third-order valence-electron chi connectivity index (χ3n) is 4.76. The molecular formula is C19H21FN2O4S. The molecule has 0 aromatic heterocycles. The first-order valence-electron chi connectivity index (χ1n) is 8.95. The summed E-state index contributed by atoms with van der Waals surface area (Å²) in [6.07, 6.45) is 1.46. The van der Waals surface area contributed by atoms with Crippen LogP contribution in [-0.4, -0.2) is 40.8 Å². The van der Waals surface area contributed by atoms with E-state index in [0.717, 1.165) is 6.42 Å². The molecule has 2 aromatic carbocycles. The van der Waals surface area contributed by atoms with E-state index in [0.29, 0.717) is 44.2 Å². The molecule has 4 rings (SSSR count). The predicted molar refractivity (Wildman–Crippen MR) is 99.4 cm³/mol. The van der Waals surface area contributed by atoms with Gasteiger partial charge in [-0.1, -0.05) is 18.2 Å². The lowest BCUT2D eigenvalue weighted by Crippen LogP contribution is -2.48. The van der Waals surface area contributed by atoms with Gasteiger partial charge in [-0.25, -0.2) is 17.5 Å². The van der Waals surface area contributed by atoms with Crippen LogP contribution in [-0.2, 0) is 10.0 Å². The molecule has 27 heavy (non-hydrogen) atoms. The van der Waals surface area contributed by atoms with Crippen molar-refractivity contribution in [2.45, 2.75) is 23.8 Å². The van der Waals surface area contributed by atoms with Gasteiger partial charge in [-0.2, -0.15) is 0 Å². The molecule has 2 aromatic rings. The zero-order chi connectivity index (χ0) is 18.9. The number of para-hydroxylation sites is 2. The van der Waals surface area contributed by atoms with E-state index < -0.39 is 10.0 Å². The number of ether oxygens (including phenoxy) is 2. The number of hydrogen-bond donors (Lipinski definition) is 1. The molecule has 144 valence electrons. The molecule has 0 spiro atoms. The standard InChI is InChI=1S/C19H21FN2O4S/c20-15-6-1-2-7-16(15)22-10-4-5-14(13-22)21-27(23,24)18-9-3-8-17-19(18)26-12-11-25-17/h1-3,6-9,14,21H,4-5,10-13H2. The number of nitrogens with one attached hydrogen (secondary N) is 1. The molecule has 1 unspecified atom stereocenters. The van der Waals surface area contributed by atoms with Gasteiger partial charge in [0.05, 0.1) is 5.69 Å². The van der Waals surface area contributed by atoms with E-state index in [1.165, 1.54) is 12.1 Å². The van der Waals surface area contributed by atoms with Crippen molar-refractivity contribution in [3.05, 3.63) is 48.3 Å². The minimum absolute atomic E-state index is 0.0720. The summed E-state index contributed by atoms with van der Waals surface area (Å²) >= 11 is 0. The maximum absolute atomic E-state index is 14.1. The van der Waals surface area contributed by atoms with Crippen LogP contribution in [0.1, 0.15) is 12.8 Å². The van der Waals surface area contributed by atoms with Gasteiger partial charge in [0.25, 0.3) is 0 Å². The summed E-state index contributed by atoms with van der Waals surface area (Å²) in [5, 5.41) is 0. The Hall–Kier alpha value is -2.32. The minimum Gasteiger partial charge on any atom is -0.486 e. The lowest BCUT2D eigenvalue weighted by Gasteiger charge is -2.35. The van der Waals surface area contributed by atoms with Crippen LogP contribution < -0.4 is 19.1 Å². The van der Waals surface area contributed by atoms with E-state index in [1.807, 2.05) is 4.90 Å². The molecule has 1 atom stereocenters. The molecule has 0 radical (unpaired) electrons. The Labute approximate surface area is 157 Å². The molecule has 0 bridgehead atoms. The van der Waals surface area contributed by atoms with Crippen LogP contribution in [0.3, 0.4) is 0 Å². The molecule has 2 aliphatic heterocycles. The van der Waals surface area contributed by atoms with E-state index in [2.05, 4.69) is 4.72 Å². The lowest BCUT2D eigenvalue weighted by molar-refractivity contribution is 0.167. The Kier molecular flexibility index (Phi) is 4.92. The van der Waals surface area contributed by atoms with Crippen molar-refractivity contribution in [1.82, 2.24) is 4.72 Å². The number of benzene rings is 2. The number of piperidine rings is 1. The normalized spacial score (nSPS) is 19.7. The van der Waals surface area contributed by atoms with Gasteiger partial charge in [0.1, 0.15) is 23.9 Å². The fraction of sp³-hybridized carbons (Fsp3) is 0.368. The predicted octanol–water partition coefficient (Wildman–Crippen LogP) is 2.54. The Morgan fingerprint density at radius 3 is 2.74 bits per heavy atom. The molecule has 0 saturated carbocycles. The number of rotatable bonds is 4. The molecule has 6 nitrogen and oxygen atoms in total. The second kappa shape index (κ2) is 7.36. The average Bonchev–Trinajstić information content (AvgIpc) is 2.68. The van der Waals surface area contributed by atoms with Crippen molar-refractivity contribution in [2.75, 3.05) is 31.2 Å². The zero-order valence-electron chi connectivity index (χ0n) is 14.7. The third-order valence-corrected chi connectivity index (χ3v) is 6.30. The monoisotopic (exact) mass is 392 g/mol. The molecule has 0 amide bonds. The van der Waals surface area contributed by atoms with Crippen molar-refractivity contribution in [2.24, 2.45) is 0 Å². The maximum atomic E-state index is 14.1. The molecule has 2 heterocycles. The van der Waals surface area contributed by atoms with E-state index in [1.54, 1.807) is 30.3 Å². The Balaban J connectivity index is 1.54. The minimum atomic E-state index is -3.79. The van der Waals surface area contributed by atoms with Crippen molar-refractivity contribution in [3.63, 3.8) is 0 Å². The number of fused-ring (bicyclic) bond motifs is 1. The first kappa shape index (κ1) is 18.1. The van der Waals surface area contributed by atoms with Gasteiger partial charge in [0.15, 0.2) is 11.5 Å². The second-order valence-electron chi connectivity index (χ2n) is 6.64. The SMILES string of the molecule is O=S(=O)(NC1CCCN(c2ccccc2F)C1)c1cccc2c1OCCO2. The summed E-state index contributed by atoms with van der Waals surface area (Å²) < 4.78 is 53.7. The van der Waals surface area contributed by atoms with Gasteiger partial charge in [-0.05, 0) is 37.1 Å². The summed E-state index contributed by atoms with van der Waals surface area (Å²) in [5.41, 5.74) is 0.496. The summed E-state index contributed by atoms with van der Waals surface area (Å²) in [4.78, 5) is 1.95. The average molecular weight is 392 g/mol. The van der Waals surface area contributed by atoms with Crippen molar-refractivity contribution in [1.29, 1.82) is 0 Å². The third kappa shape index (κ3) is 3.72. The molecular weight excluding hydrogens is 371 g/mol. The maximum Gasteiger partial charge on any atom is 0.244 e. The van der Waals surface area contributed by atoms with Gasteiger partial charge in [-0.3, -0.25) is 0 Å². The number of nitrogens with zero attached hydrogens (tertiary/aromatic N) is 1. The van der Waals surface area contributed by atoms with Crippen LogP contribution in [0.15, 0.2) is 47.4 Å². The largest absolute Gasteiger partial charge is 0.486 e. The highest BCUT2D eigenvalue weighted by Crippen LogP contribution is 2.36. The van der Waals surface area contributed by atoms with E-state index >= 15 is 0 Å². The molecule has 1 N–H and O–H groups in total. The quantitative estimate of drug-likeness (QED) is 0.866. The molecule has 2 aliphatic rings. The van der Waals surface area contributed by atoms with Crippen LogP contribution in [0.25, 0.3) is 0 Å². The topological polar surface area (TPSA) is 67.9 Å². The first-order valence-corrected chi connectivity index (χ1v) is 10.4. The van der Waals surface area contributed by atoms with Gasteiger partial charge in [0, 0.05) is 19.1 Å². The molecule has 1 saturated heterocycles. The van der Waals surface area contributed by atoms with Gasteiger partial charge in [0.2, 0.25) is 10.0 Å². The lowest BCUT2D eigenvalue weighted by atomic mass is 10.1. The van der Waals surface area contributed by atoms with Gasteiger partial charge in [-0.15, -0.1) is 0 Å². The summed E-state index contributed by atoms with van der Waals surface area (Å²) in [6, 6.07) is 11.1. The first-order chi connectivity index (χ1) is 13.0. The van der Waals surface area contributed by atoms with Crippen LogP contribution in [0.4, 0.5) is 10.1 Å². The highest BCUT2D eigenvalue weighted by atomic mass is 32.2. The van der Waals surface area contributed by atoms with Crippen LogP contribution in [0.5, 0.6) is 11.5 Å². The smallest absolute Gasteiger partial charge is 0.244 e. The van der Waals surface area contributed by atoms with Crippen LogP contribution in [0.2, 0.25) is 0 Å². The zero-order valence-corrected chi connectivity index (χ0v) is 15.5. The van der Waals surface area contributed by atoms with Crippen molar-refractivity contribution < 1.29 is 22.3 Å². The number of halogens is 1. The van der Waals surface area contributed by atoms with Crippen molar-refractivity contribution in [3.8, 4) is 11.5 Å². The second-order valence-corrected chi connectivity index (χ2v) is 8.32. The van der Waals surface area contributed by atoms with Crippen LogP contribution in [0, 0.1) is 5.82 Å². The highest BCUT2D eigenvalue weighted by molar-refractivity contribution is 7.89. The van der Waals surface area contributed by atoms with E-state index in [4.69, 9.17) is 9.47 Å². The van der Waals surface area contributed by atoms with E-state index in [-0.39, 0.29) is 22.5 Å². The summed E-state index contributed by atoms with van der Waals surface area (Å²) in [6.45, 7) is 1.80. The molecule has 1 fully saturated rings. The summed E-state index contributed by atoms with van der Waals surface area (Å²) in [7, 11) is -3.79. The van der Waals surface area contributed by atoms with E-state index in [9.17, 15) is 12.8 Å². The van der Waals surface area contributed by atoms with Crippen molar-refractivity contribution >= 4 is 15.7 Å². The fourth-order valence-electron chi connectivity index (χ4n) is 3.54. The van der Waals surface area contributed by atoms with Gasteiger partial charge >= 0.3 is 0 Å². The number of sulfonamides is 1. The Morgan fingerprint density at radius 2 is 1.89 bits per heavy atom. The summed E-state index contributed by atoms with van der Waals surface area (Å²) in [5.74, 6) is 0.377. The highest BCUT2D eigenvalue weighted by Gasteiger charge is 2.30. The fourth-order valence-corrected chi connectivity index (χ4v) is 4.96. The molecule has 8 heteroatoms.